The van der Waals surface area contributed by atoms with Gasteiger partial charge in [-0.25, -0.2) is 4.79 Å². The van der Waals surface area contributed by atoms with Crippen molar-refractivity contribution in [2.45, 2.75) is 13.0 Å². The Morgan fingerprint density at radius 1 is 1.11 bits per heavy atom. The van der Waals surface area contributed by atoms with E-state index in [0.29, 0.717) is 18.6 Å². The van der Waals surface area contributed by atoms with Crippen molar-refractivity contribution in [2.24, 2.45) is 12.0 Å². The van der Waals surface area contributed by atoms with E-state index in [2.05, 4.69) is 28.4 Å². The average Bonchev–Trinajstić information content (AvgIpc) is 3.17. The van der Waals surface area contributed by atoms with Crippen LogP contribution in [0.15, 0.2) is 59.6 Å². The number of rotatable bonds is 6. The first kappa shape index (κ1) is 22.5. The van der Waals surface area contributed by atoms with Crippen LogP contribution in [-0.2, 0) is 11.8 Å². The molecule has 0 fully saturated rings. The van der Waals surface area contributed by atoms with E-state index in [1.807, 2.05) is 48.1 Å². The van der Waals surface area contributed by atoms with Crippen molar-refractivity contribution in [3.05, 3.63) is 65.5 Å². The van der Waals surface area contributed by atoms with Crippen LogP contribution in [-0.4, -0.2) is 51.8 Å². The molecule has 2 aliphatic heterocycles. The summed E-state index contributed by atoms with van der Waals surface area (Å²) in [7, 11) is 1.87. The fourth-order valence-corrected chi connectivity index (χ4v) is 4.26. The largest absolute Gasteiger partial charge is 0.486 e. The number of aromatic amines is 1. The minimum atomic E-state index is -1.19. The highest BCUT2D eigenvalue weighted by Crippen LogP contribution is 2.38. The minimum absolute atomic E-state index is 0.483. The molecule has 1 atom stereocenters. The van der Waals surface area contributed by atoms with Gasteiger partial charge in [0.1, 0.15) is 19.0 Å². The molecule has 3 aliphatic rings. The van der Waals surface area contributed by atoms with Crippen LogP contribution in [0.4, 0.5) is 11.5 Å². The molecule has 2 heterocycles. The van der Waals surface area contributed by atoms with Gasteiger partial charge in [-0.2, -0.15) is 0 Å². The minimum Gasteiger partial charge on any atom is -0.486 e. The number of carbonyl (C=O) groups is 1. The normalized spacial score (nSPS) is 14.2. The van der Waals surface area contributed by atoms with E-state index in [1.54, 1.807) is 12.1 Å². The molecule has 9 heteroatoms. The predicted molar refractivity (Wildman–Crippen MR) is 131 cm³/mol. The van der Waals surface area contributed by atoms with E-state index >= 15 is 0 Å². The van der Waals surface area contributed by atoms with E-state index in [-0.39, 0.29) is 0 Å². The van der Waals surface area contributed by atoms with Gasteiger partial charge in [0, 0.05) is 18.3 Å². The number of carboxylic acid groups (broad SMARTS) is 1. The maximum atomic E-state index is 11.2. The van der Waals surface area contributed by atoms with Crippen molar-refractivity contribution in [2.75, 3.05) is 25.1 Å². The summed E-state index contributed by atoms with van der Waals surface area (Å²) in [5.41, 5.74) is 5.91. The quantitative estimate of drug-likeness (QED) is 0.340. The summed E-state index contributed by atoms with van der Waals surface area (Å²) in [6, 6.07) is 16.3. The third kappa shape index (κ3) is 4.33. The second kappa shape index (κ2) is 9.19. The monoisotopic (exact) mass is 474 g/mol. The Bertz CT molecular complexity index is 1440. The molecule has 2 aromatic rings. The molecule has 0 spiro atoms. The lowest BCUT2D eigenvalue weighted by molar-refractivity contribution is -0.139. The number of nitrogens with one attached hydrogen (secondary N) is 2. The number of fused-ring (bicyclic) bond motifs is 2. The first-order chi connectivity index (χ1) is 16.9. The molecule has 1 unspecified atom stereocenters. The highest BCUT2D eigenvalue weighted by Gasteiger charge is 2.18. The third-order valence-electron chi connectivity index (χ3n) is 6.10. The van der Waals surface area contributed by atoms with E-state index in [4.69, 9.17) is 9.47 Å². The number of aromatic nitrogens is 2. The smallest absolute Gasteiger partial charge is 0.330 e. The summed E-state index contributed by atoms with van der Waals surface area (Å²) in [6.45, 7) is 2.61. The SMILES string of the molecule is Cc1c(Nc2[nH]n(C)c3cc(=NC(CO)C(=O)O)ccc2-3)cccc1-c1ccc2c(c1)OCCO2. The number of hydrogen-bond donors (Lipinski definition) is 4. The van der Waals surface area contributed by atoms with Gasteiger partial charge in [0.15, 0.2) is 17.5 Å². The molecule has 9 nitrogen and oxygen atoms in total. The second-order valence-electron chi connectivity index (χ2n) is 8.37. The van der Waals surface area contributed by atoms with Crippen LogP contribution in [0.3, 0.4) is 0 Å². The van der Waals surface area contributed by atoms with E-state index in [9.17, 15) is 15.0 Å². The van der Waals surface area contributed by atoms with Gasteiger partial charge in [-0.1, -0.05) is 18.2 Å². The van der Waals surface area contributed by atoms with Crippen molar-refractivity contribution in [3.8, 4) is 33.9 Å². The van der Waals surface area contributed by atoms with Gasteiger partial charge in [-0.3, -0.25) is 14.8 Å². The lowest BCUT2D eigenvalue weighted by atomic mass is 9.98. The van der Waals surface area contributed by atoms with Crippen molar-refractivity contribution in [3.63, 3.8) is 0 Å². The molecular formula is C26H26N4O5. The lowest BCUT2D eigenvalue weighted by Gasteiger charge is -2.20. The molecule has 2 aromatic carbocycles. The number of anilines is 2. The Labute approximate surface area is 201 Å². The van der Waals surface area contributed by atoms with E-state index < -0.39 is 18.6 Å². The van der Waals surface area contributed by atoms with E-state index in [0.717, 1.165) is 51.0 Å². The zero-order valence-corrected chi connectivity index (χ0v) is 19.4. The van der Waals surface area contributed by atoms with Crippen LogP contribution in [0.1, 0.15) is 5.56 Å². The van der Waals surface area contributed by atoms with E-state index in [1.165, 1.54) is 0 Å². The Balaban J connectivity index is 1.48. The number of ether oxygens (including phenoxy) is 2. The molecule has 180 valence electrons. The highest BCUT2D eigenvalue weighted by atomic mass is 16.6. The fraction of sp³-hybridized carbons (Fsp3) is 0.231. The first-order valence-electron chi connectivity index (χ1n) is 11.3. The van der Waals surface area contributed by atoms with Gasteiger partial charge in [0.25, 0.3) is 0 Å². The molecule has 0 saturated carbocycles. The van der Waals surface area contributed by atoms with Crippen LogP contribution < -0.4 is 20.1 Å². The number of carboxylic acids is 1. The molecule has 0 amide bonds. The number of hydrogen-bond acceptors (Lipinski definition) is 6. The summed E-state index contributed by atoms with van der Waals surface area (Å²) in [4.78, 5) is 15.4. The van der Waals surface area contributed by atoms with Gasteiger partial charge < -0.3 is 25.0 Å². The number of aliphatic hydroxyl groups is 1. The summed E-state index contributed by atoms with van der Waals surface area (Å²) in [6.07, 6.45) is 0. The predicted octanol–water partition coefficient (Wildman–Crippen LogP) is 3.29. The Hall–Kier alpha value is -4.24. The molecule has 4 N–H and O–H groups in total. The van der Waals surface area contributed by atoms with Gasteiger partial charge in [-0.05, 0) is 60.0 Å². The zero-order valence-electron chi connectivity index (χ0n) is 19.4. The van der Waals surface area contributed by atoms with Crippen molar-refractivity contribution >= 4 is 17.5 Å². The Kier molecular flexibility index (Phi) is 5.92. The Morgan fingerprint density at radius 2 is 1.91 bits per heavy atom. The molecule has 0 radical (unpaired) electrons. The summed E-state index contributed by atoms with van der Waals surface area (Å²) < 4.78 is 13.2. The molecule has 0 bridgehead atoms. The molecule has 0 saturated heterocycles. The number of aliphatic carboxylic acids is 1. The summed E-state index contributed by atoms with van der Waals surface area (Å²) in [5, 5.41) is 25.7. The molecule has 1 aliphatic carbocycles. The van der Waals surface area contributed by atoms with Crippen LogP contribution in [0.5, 0.6) is 11.5 Å². The standard InChI is InChI=1S/C26H26N4O5/c1-15-18(16-6-9-23-24(12-16)35-11-10-34-23)4-3-5-20(15)28-25-19-8-7-17(13-22(19)30(2)29-25)27-21(14-31)26(32)33/h3-9,12-13,21,28-29,31H,10-11,14H2,1-2H3,(H,32,33). The van der Waals surface area contributed by atoms with Gasteiger partial charge >= 0.3 is 5.97 Å². The number of nitrogens with zero attached hydrogens (tertiary/aromatic N) is 2. The van der Waals surface area contributed by atoms with Gasteiger partial charge in [-0.15, -0.1) is 0 Å². The number of aliphatic hydroxyl groups excluding tert-OH is 1. The van der Waals surface area contributed by atoms with Gasteiger partial charge in [0.2, 0.25) is 0 Å². The van der Waals surface area contributed by atoms with Crippen LogP contribution in [0, 0.1) is 6.92 Å². The lowest BCUT2D eigenvalue weighted by Crippen LogP contribution is -2.25. The van der Waals surface area contributed by atoms with Crippen LogP contribution in [0.2, 0.25) is 0 Å². The molecule has 5 rings (SSSR count). The summed E-state index contributed by atoms with van der Waals surface area (Å²) in [5.74, 6) is 1.15. The number of benzene rings is 3. The van der Waals surface area contributed by atoms with Crippen LogP contribution in [0.25, 0.3) is 22.4 Å². The third-order valence-corrected chi connectivity index (χ3v) is 6.10. The Morgan fingerprint density at radius 3 is 2.69 bits per heavy atom. The second-order valence-corrected chi connectivity index (χ2v) is 8.37. The summed E-state index contributed by atoms with van der Waals surface area (Å²) >= 11 is 0. The number of H-pyrrole nitrogens is 1. The zero-order chi connectivity index (χ0) is 24.5. The highest BCUT2D eigenvalue weighted by molar-refractivity contribution is 5.82. The average molecular weight is 475 g/mol. The maximum absolute atomic E-state index is 11.2. The van der Waals surface area contributed by atoms with Crippen molar-refractivity contribution in [1.82, 2.24) is 9.78 Å². The van der Waals surface area contributed by atoms with Gasteiger partial charge in [0.05, 0.1) is 17.7 Å². The topological polar surface area (TPSA) is 121 Å². The fourth-order valence-electron chi connectivity index (χ4n) is 4.26. The molecular weight excluding hydrogens is 448 g/mol. The maximum Gasteiger partial charge on any atom is 0.330 e. The van der Waals surface area contributed by atoms with Crippen molar-refractivity contribution in [1.29, 1.82) is 0 Å². The van der Waals surface area contributed by atoms with Crippen molar-refractivity contribution < 1.29 is 24.5 Å². The molecule has 35 heavy (non-hydrogen) atoms. The first-order valence-corrected chi connectivity index (χ1v) is 11.3. The number of aryl methyl sites for hydroxylation is 1. The van der Waals surface area contributed by atoms with Crippen LogP contribution >= 0.6 is 0 Å². The molecule has 0 aromatic heterocycles.